The predicted octanol–water partition coefficient (Wildman–Crippen LogP) is 2.97. The molecule has 0 fully saturated rings. The van der Waals surface area contributed by atoms with Crippen LogP contribution in [-0.2, 0) is 4.79 Å². The van der Waals surface area contributed by atoms with E-state index in [-0.39, 0.29) is 24.3 Å². The molecule has 4 heteroatoms. The first-order chi connectivity index (χ1) is 11.6. The lowest BCUT2D eigenvalue weighted by molar-refractivity contribution is -0.120. The number of rotatable bonds is 7. The molecule has 2 aromatic rings. The molecular formula is C20H24N2O2. The number of hydrogen-bond donors (Lipinski definition) is 2. The molecular weight excluding hydrogens is 300 g/mol. The van der Waals surface area contributed by atoms with Gasteiger partial charge in [0.25, 0.3) is 5.91 Å². The van der Waals surface area contributed by atoms with Crippen LogP contribution in [-0.4, -0.2) is 24.9 Å². The summed E-state index contributed by atoms with van der Waals surface area (Å²) < 4.78 is 0. The van der Waals surface area contributed by atoms with E-state index < -0.39 is 0 Å². The van der Waals surface area contributed by atoms with Crippen molar-refractivity contribution in [3.63, 3.8) is 0 Å². The van der Waals surface area contributed by atoms with Gasteiger partial charge in [0, 0.05) is 18.0 Å². The summed E-state index contributed by atoms with van der Waals surface area (Å²) in [6, 6.07) is 19.0. The topological polar surface area (TPSA) is 58.2 Å². The summed E-state index contributed by atoms with van der Waals surface area (Å²) in [4.78, 5) is 23.9. The third kappa shape index (κ3) is 5.23. The van der Waals surface area contributed by atoms with Crippen molar-refractivity contribution in [1.29, 1.82) is 0 Å². The predicted molar refractivity (Wildman–Crippen MR) is 95.8 cm³/mol. The highest BCUT2D eigenvalue weighted by Gasteiger charge is 2.16. The Morgan fingerprint density at radius 2 is 1.46 bits per heavy atom. The lowest BCUT2D eigenvalue weighted by Crippen LogP contribution is -2.39. The molecule has 2 aromatic carbocycles. The van der Waals surface area contributed by atoms with Crippen molar-refractivity contribution in [3.05, 3.63) is 71.8 Å². The van der Waals surface area contributed by atoms with E-state index >= 15 is 0 Å². The van der Waals surface area contributed by atoms with E-state index in [9.17, 15) is 9.59 Å². The minimum atomic E-state index is -0.241. The van der Waals surface area contributed by atoms with Crippen LogP contribution in [0.5, 0.6) is 0 Å². The van der Waals surface area contributed by atoms with Crippen molar-refractivity contribution in [2.75, 3.05) is 13.1 Å². The van der Waals surface area contributed by atoms with E-state index in [1.54, 1.807) is 24.3 Å². The van der Waals surface area contributed by atoms with Crippen LogP contribution in [0.25, 0.3) is 0 Å². The Morgan fingerprint density at radius 1 is 0.875 bits per heavy atom. The van der Waals surface area contributed by atoms with Gasteiger partial charge in [-0.3, -0.25) is 9.59 Å². The Bertz CT molecular complexity index is 654. The van der Waals surface area contributed by atoms with Crippen molar-refractivity contribution < 1.29 is 9.59 Å². The summed E-state index contributed by atoms with van der Waals surface area (Å²) >= 11 is 0. The van der Waals surface area contributed by atoms with E-state index in [0.717, 1.165) is 0 Å². The minimum absolute atomic E-state index is 0.0205. The minimum Gasteiger partial charge on any atom is -0.354 e. The first-order valence-corrected chi connectivity index (χ1v) is 8.23. The average Bonchev–Trinajstić information content (AvgIpc) is 2.61. The van der Waals surface area contributed by atoms with E-state index in [1.165, 1.54) is 5.56 Å². The summed E-state index contributed by atoms with van der Waals surface area (Å²) in [6.07, 6.45) is 0. The Kier molecular flexibility index (Phi) is 6.55. The average molecular weight is 324 g/mol. The number of nitrogens with one attached hydrogen (secondary N) is 2. The normalized spacial score (nSPS) is 11.8. The van der Waals surface area contributed by atoms with Gasteiger partial charge in [-0.1, -0.05) is 62.4 Å². The van der Waals surface area contributed by atoms with Gasteiger partial charge in [0.2, 0.25) is 5.91 Å². The molecule has 24 heavy (non-hydrogen) atoms. The fourth-order valence-electron chi connectivity index (χ4n) is 2.58. The van der Waals surface area contributed by atoms with E-state index in [2.05, 4.69) is 36.6 Å². The van der Waals surface area contributed by atoms with Crippen molar-refractivity contribution in [3.8, 4) is 0 Å². The molecule has 0 aliphatic carbocycles. The van der Waals surface area contributed by atoms with E-state index in [1.807, 2.05) is 24.3 Å². The molecule has 0 bridgehead atoms. The van der Waals surface area contributed by atoms with Crippen molar-refractivity contribution >= 4 is 11.8 Å². The number of carbonyl (C=O) groups excluding carboxylic acids is 2. The second kappa shape index (κ2) is 8.87. The molecule has 1 unspecified atom stereocenters. The first kappa shape index (κ1) is 17.7. The molecule has 2 amide bonds. The van der Waals surface area contributed by atoms with Crippen LogP contribution in [0.4, 0.5) is 0 Å². The van der Waals surface area contributed by atoms with Crippen molar-refractivity contribution in [2.24, 2.45) is 5.92 Å². The van der Waals surface area contributed by atoms with Gasteiger partial charge in [0.05, 0.1) is 6.54 Å². The fraction of sp³-hybridized carbons (Fsp3) is 0.300. The Labute approximate surface area is 143 Å². The zero-order valence-electron chi connectivity index (χ0n) is 14.2. The maximum Gasteiger partial charge on any atom is 0.251 e. The molecule has 0 spiro atoms. The van der Waals surface area contributed by atoms with E-state index in [0.29, 0.717) is 18.0 Å². The molecule has 0 aliphatic rings. The first-order valence-electron chi connectivity index (χ1n) is 8.23. The summed E-state index contributed by atoms with van der Waals surface area (Å²) in [5.41, 5.74) is 1.76. The molecule has 0 saturated carbocycles. The lowest BCUT2D eigenvalue weighted by Gasteiger charge is -2.22. The number of amides is 2. The van der Waals surface area contributed by atoms with Gasteiger partial charge in [-0.25, -0.2) is 0 Å². The zero-order chi connectivity index (χ0) is 17.4. The maximum atomic E-state index is 12.0. The monoisotopic (exact) mass is 324 g/mol. The third-order valence-electron chi connectivity index (χ3n) is 4.00. The molecule has 2 N–H and O–H groups in total. The molecule has 1 atom stereocenters. The number of carbonyl (C=O) groups is 2. The van der Waals surface area contributed by atoms with Gasteiger partial charge < -0.3 is 10.6 Å². The smallest absolute Gasteiger partial charge is 0.251 e. The highest BCUT2D eigenvalue weighted by molar-refractivity contribution is 5.96. The lowest BCUT2D eigenvalue weighted by atomic mass is 9.88. The molecule has 0 heterocycles. The van der Waals surface area contributed by atoms with Crippen molar-refractivity contribution in [2.45, 2.75) is 19.8 Å². The largest absolute Gasteiger partial charge is 0.354 e. The summed E-state index contributed by atoms with van der Waals surface area (Å²) in [6.45, 7) is 4.82. The van der Waals surface area contributed by atoms with Crippen LogP contribution in [0.15, 0.2) is 60.7 Å². The van der Waals surface area contributed by atoms with Crippen LogP contribution in [0.3, 0.4) is 0 Å². The summed E-state index contributed by atoms with van der Waals surface area (Å²) in [7, 11) is 0. The summed E-state index contributed by atoms with van der Waals surface area (Å²) in [5.74, 6) is 0.238. The SMILES string of the molecule is CC(C)C(CNC(=O)CNC(=O)c1ccccc1)c1ccccc1. The van der Waals surface area contributed by atoms with Gasteiger partial charge >= 0.3 is 0 Å². The molecule has 2 rings (SSSR count). The molecule has 0 radical (unpaired) electrons. The maximum absolute atomic E-state index is 12.0. The van der Waals surface area contributed by atoms with E-state index in [4.69, 9.17) is 0 Å². The standard InChI is InChI=1S/C20H24N2O2/c1-15(2)18(16-9-5-3-6-10-16)13-21-19(23)14-22-20(24)17-11-7-4-8-12-17/h3-12,15,18H,13-14H2,1-2H3,(H,21,23)(H,22,24). The van der Waals surface area contributed by atoms with Gasteiger partial charge in [-0.15, -0.1) is 0 Å². The third-order valence-corrected chi connectivity index (χ3v) is 4.00. The molecule has 0 aromatic heterocycles. The zero-order valence-corrected chi connectivity index (χ0v) is 14.2. The molecule has 126 valence electrons. The quantitative estimate of drug-likeness (QED) is 0.822. The number of benzene rings is 2. The van der Waals surface area contributed by atoms with Gasteiger partial charge in [-0.05, 0) is 23.6 Å². The molecule has 4 nitrogen and oxygen atoms in total. The highest BCUT2D eigenvalue weighted by atomic mass is 16.2. The Balaban J connectivity index is 1.82. The molecule has 0 saturated heterocycles. The second-order valence-electron chi connectivity index (χ2n) is 6.11. The van der Waals surface area contributed by atoms with Gasteiger partial charge in [0.1, 0.15) is 0 Å². The van der Waals surface area contributed by atoms with Crippen molar-refractivity contribution in [1.82, 2.24) is 10.6 Å². The molecule has 0 aliphatic heterocycles. The second-order valence-corrected chi connectivity index (χ2v) is 6.11. The Hall–Kier alpha value is -2.62. The van der Waals surface area contributed by atoms with Crippen LogP contribution in [0.1, 0.15) is 35.7 Å². The number of hydrogen-bond acceptors (Lipinski definition) is 2. The van der Waals surface area contributed by atoms with Gasteiger partial charge in [0.15, 0.2) is 0 Å². The Morgan fingerprint density at radius 3 is 2.04 bits per heavy atom. The fourth-order valence-corrected chi connectivity index (χ4v) is 2.58. The van der Waals surface area contributed by atoms with Gasteiger partial charge in [-0.2, -0.15) is 0 Å². The highest BCUT2D eigenvalue weighted by Crippen LogP contribution is 2.23. The summed E-state index contributed by atoms with van der Waals surface area (Å²) in [5, 5.41) is 5.56. The van der Waals surface area contributed by atoms with Crippen LogP contribution in [0, 0.1) is 5.92 Å². The van der Waals surface area contributed by atoms with Crippen LogP contribution >= 0.6 is 0 Å². The van der Waals surface area contributed by atoms with Crippen LogP contribution < -0.4 is 10.6 Å². The van der Waals surface area contributed by atoms with Crippen LogP contribution in [0.2, 0.25) is 0 Å².